The van der Waals surface area contributed by atoms with Crippen LogP contribution < -0.4 is 10.1 Å². The maximum atomic E-state index is 5.81. The topological polar surface area (TPSA) is 21.3 Å². The molecule has 0 saturated heterocycles. The third-order valence-electron chi connectivity index (χ3n) is 3.65. The third kappa shape index (κ3) is 3.72. The zero-order valence-electron chi connectivity index (χ0n) is 10.6. The second-order valence-corrected chi connectivity index (χ2v) is 6.35. The van der Waals surface area contributed by atoms with Crippen molar-refractivity contribution in [3.05, 3.63) is 28.2 Å². The second kappa shape index (κ2) is 5.62. The van der Waals surface area contributed by atoms with E-state index in [9.17, 15) is 0 Å². The average Bonchev–Trinajstić information content (AvgIpc) is 3.24. The van der Waals surface area contributed by atoms with E-state index in [4.69, 9.17) is 4.74 Å². The van der Waals surface area contributed by atoms with Gasteiger partial charge < -0.3 is 10.1 Å². The van der Waals surface area contributed by atoms with Crippen molar-refractivity contribution in [3.8, 4) is 5.75 Å². The molecular weight excluding hydrogens is 290 g/mol. The van der Waals surface area contributed by atoms with Crippen molar-refractivity contribution in [3.63, 3.8) is 0 Å². The van der Waals surface area contributed by atoms with E-state index >= 15 is 0 Å². The minimum absolute atomic E-state index is 0.762. The molecule has 98 valence electrons. The van der Waals surface area contributed by atoms with Crippen LogP contribution in [0.3, 0.4) is 0 Å². The first-order valence-corrected chi connectivity index (χ1v) is 7.75. The van der Waals surface area contributed by atoms with Crippen molar-refractivity contribution < 1.29 is 4.74 Å². The summed E-state index contributed by atoms with van der Waals surface area (Å²) in [6.07, 6.45) is 6.68. The maximum absolute atomic E-state index is 5.81. The monoisotopic (exact) mass is 309 g/mol. The van der Waals surface area contributed by atoms with Crippen molar-refractivity contribution in [1.82, 2.24) is 5.32 Å². The molecule has 1 aromatic carbocycles. The Kier molecular flexibility index (Phi) is 3.90. The highest BCUT2D eigenvalue weighted by Gasteiger charge is 2.21. The van der Waals surface area contributed by atoms with E-state index in [-0.39, 0.29) is 0 Å². The van der Waals surface area contributed by atoms with E-state index in [0.717, 1.165) is 35.3 Å². The minimum atomic E-state index is 0.762. The maximum Gasteiger partial charge on any atom is 0.133 e. The molecule has 0 bridgehead atoms. The number of hydrogen-bond donors (Lipinski definition) is 1. The number of ether oxygens (including phenoxy) is 1. The lowest BCUT2D eigenvalue weighted by Gasteiger charge is -2.10. The Labute approximate surface area is 117 Å². The lowest BCUT2D eigenvalue weighted by molar-refractivity contribution is 0.300. The molecule has 0 aliphatic heterocycles. The second-order valence-electron chi connectivity index (χ2n) is 5.50. The molecule has 1 aromatic rings. The van der Waals surface area contributed by atoms with Crippen LogP contribution in [0.2, 0.25) is 0 Å². The molecule has 0 heterocycles. The van der Waals surface area contributed by atoms with Gasteiger partial charge in [0.2, 0.25) is 0 Å². The number of hydrogen-bond acceptors (Lipinski definition) is 2. The third-order valence-corrected chi connectivity index (χ3v) is 4.27. The normalized spacial score (nSPS) is 18.9. The number of halogens is 1. The summed E-state index contributed by atoms with van der Waals surface area (Å²) < 4.78 is 6.89. The standard InChI is InChI=1S/C15H20BrNO/c16-14-9-12(10-17-13-4-5-13)3-6-15(14)18-8-7-11-1-2-11/h3,6,9,11,13,17H,1-2,4-5,7-8,10H2. The first-order valence-electron chi connectivity index (χ1n) is 6.96. The fourth-order valence-corrected chi connectivity index (χ4v) is 2.60. The average molecular weight is 310 g/mol. The quantitative estimate of drug-likeness (QED) is 0.825. The molecule has 18 heavy (non-hydrogen) atoms. The van der Waals surface area contributed by atoms with Crippen LogP contribution in [0.15, 0.2) is 22.7 Å². The van der Waals surface area contributed by atoms with E-state index in [2.05, 4.69) is 39.4 Å². The zero-order chi connectivity index (χ0) is 12.4. The number of rotatable bonds is 7. The van der Waals surface area contributed by atoms with Crippen LogP contribution in [0.25, 0.3) is 0 Å². The van der Waals surface area contributed by atoms with Gasteiger partial charge in [-0.05, 0) is 58.8 Å². The van der Waals surface area contributed by atoms with Gasteiger partial charge in [-0.3, -0.25) is 0 Å². The van der Waals surface area contributed by atoms with Gasteiger partial charge in [0, 0.05) is 12.6 Å². The summed E-state index contributed by atoms with van der Waals surface area (Å²) in [5.41, 5.74) is 1.32. The van der Waals surface area contributed by atoms with Crippen molar-refractivity contribution >= 4 is 15.9 Å². The highest BCUT2D eigenvalue weighted by atomic mass is 79.9. The smallest absolute Gasteiger partial charge is 0.133 e. The van der Waals surface area contributed by atoms with E-state index < -0.39 is 0 Å². The Bertz CT molecular complexity index is 413. The molecule has 0 spiro atoms. The van der Waals surface area contributed by atoms with Gasteiger partial charge in [0.15, 0.2) is 0 Å². The summed E-state index contributed by atoms with van der Waals surface area (Å²) in [5.74, 6) is 1.91. The molecule has 0 radical (unpaired) electrons. The molecule has 0 amide bonds. The molecule has 2 nitrogen and oxygen atoms in total. The molecular formula is C15H20BrNO. The molecule has 3 heteroatoms. The molecule has 2 aliphatic carbocycles. The van der Waals surface area contributed by atoms with Gasteiger partial charge in [0.25, 0.3) is 0 Å². The summed E-state index contributed by atoms with van der Waals surface area (Å²) in [7, 11) is 0. The van der Waals surface area contributed by atoms with Gasteiger partial charge in [0.1, 0.15) is 5.75 Å². The highest BCUT2D eigenvalue weighted by molar-refractivity contribution is 9.10. The molecule has 0 unspecified atom stereocenters. The van der Waals surface area contributed by atoms with Gasteiger partial charge in [-0.2, -0.15) is 0 Å². The van der Waals surface area contributed by atoms with Crippen molar-refractivity contribution in [2.45, 2.75) is 44.7 Å². The predicted octanol–water partition coefficient (Wildman–Crippen LogP) is 3.88. The SMILES string of the molecule is Brc1cc(CNC2CC2)ccc1OCCC1CC1. The molecule has 2 aliphatic rings. The minimum Gasteiger partial charge on any atom is -0.492 e. The zero-order valence-corrected chi connectivity index (χ0v) is 12.2. The van der Waals surface area contributed by atoms with E-state index in [0.29, 0.717) is 0 Å². The van der Waals surface area contributed by atoms with E-state index in [1.54, 1.807) is 0 Å². The first-order chi connectivity index (χ1) is 8.81. The van der Waals surface area contributed by atoms with Crippen LogP contribution in [0.5, 0.6) is 5.75 Å². The van der Waals surface area contributed by atoms with Gasteiger partial charge in [-0.1, -0.05) is 18.9 Å². The molecule has 3 rings (SSSR count). The lowest BCUT2D eigenvalue weighted by Crippen LogP contribution is -2.15. The van der Waals surface area contributed by atoms with Gasteiger partial charge in [-0.15, -0.1) is 0 Å². The Morgan fingerprint density at radius 3 is 2.72 bits per heavy atom. The largest absolute Gasteiger partial charge is 0.492 e. The van der Waals surface area contributed by atoms with Gasteiger partial charge >= 0.3 is 0 Å². The van der Waals surface area contributed by atoms with Crippen LogP contribution in [0.4, 0.5) is 0 Å². The van der Waals surface area contributed by atoms with Crippen LogP contribution in [-0.2, 0) is 6.54 Å². The predicted molar refractivity (Wildman–Crippen MR) is 76.8 cm³/mol. The first kappa shape index (κ1) is 12.5. The number of benzene rings is 1. The molecule has 2 saturated carbocycles. The van der Waals surface area contributed by atoms with E-state index in [1.165, 1.54) is 37.7 Å². The molecule has 1 N–H and O–H groups in total. The van der Waals surface area contributed by atoms with Crippen LogP contribution in [0.1, 0.15) is 37.7 Å². The van der Waals surface area contributed by atoms with Crippen molar-refractivity contribution in [2.24, 2.45) is 5.92 Å². The van der Waals surface area contributed by atoms with Crippen LogP contribution in [0, 0.1) is 5.92 Å². The van der Waals surface area contributed by atoms with E-state index in [1.807, 2.05) is 0 Å². The summed E-state index contributed by atoms with van der Waals surface area (Å²) in [4.78, 5) is 0. The highest BCUT2D eigenvalue weighted by Crippen LogP contribution is 2.33. The summed E-state index contributed by atoms with van der Waals surface area (Å²) >= 11 is 3.60. The summed E-state index contributed by atoms with van der Waals surface area (Å²) in [6, 6.07) is 7.17. The fourth-order valence-electron chi connectivity index (χ4n) is 2.06. The Morgan fingerprint density at radius 2 is 2.06 bits per heavy atom. The van der Waals surface area contributed by atoms with Gasteiger partial charge in [0.05, 0.1) is 11.1 Å². The fraction of sp³-hybridized carbons (Fsp3) is 0.600. The van der Waals surface area contributed by atoms with Crippen LogP contribution in [-0.4, -0.2) is 12.6 Å². The van der Waals surface area contributed by atoms with Gasteiger partial charge in [-0.25, -0.2) is 0 Å². The molecule has 0 aromatic heterocycles. The number of nitrogens with one attached hydrogen (secondary N) is 1. The van der Waals surface area contributed by atoms with Crippen molar-refractivity contribution in [2.75, 3.05) is 6.61 Å². The Balaban J connectivity index is 1.49. The van der Waals surface area contributed by atoms with Crippen LogP contribution >= 0.6 is 15.9 Å². The summed E-state index contributed by atoms with van der Waals surface area (Å²) in [5, 5.41) is 3.52. The Morgan fingerprint density at radius 1 is 1.22 bits per heavy atom. The van der Waals surface area contributed by atoms with Crippen molar-refractivity contribution in [1.29, 1.82) is 0 Å². The molecule has 0 atom stereocenters. The molecule has 2 fully saturated rings. The Hall–Kier alpha value is -0.540. The lowest BCUT2D eigenvalue weighted by atomic mass is 10.2. The summed E-state index contributed by atoms with van der Waals surface area (Å²) in [6.45, 7) is 1.81.